The summed E-state index contributed by atoms with van der Waals surface area (Å²) in [5, 5.41) is 18.8. The molecule has 2 aromatic rings. The molecule has 0 aliphatic heterocycles. The van der Waals surface area contributed by atoms with E-state index < -0.39 is 5.97 Å². The molecule has 19 heavy (non-hydrogen) atoms. The van der Waals surface area contributed by atoms with Crippen molar-refractivity contribution >= 4 is 17.3 Å². The van der Waals surface area contributed by atoms with Gasteiger partial charge in [-0.2, -0.15) is 0 Å². The van der Waals surface area contributed by atoms with Crippen molar-refractivity contribution in [1.82, 2.24) is 0 Å². The molecule has 3 nitrogen and oxygen atoms in total. The summed E-state index contributed by atoms with van der Waals surface area (Å²) in [6.45, 7) is 5.60. The number of carbonyl (C=O) groups is 1. The first kappa shape index (κ1) is 17.2. The highest BCUT2D eigenvalue weighted by Crippen LogP contribution is 2.25. The van der Waals surface area contributed by atoms with Gasteiger partial charge < -0.3 is 10.2 Å². The zero-order valence-electron chi connectivity index (χ0n) is 11.5. The standard InChI is InChI=1S/C10H8OS.C3H6O2.C2H6/c11-9-5-3-8(4-6-9)10-2-1-7-12-10;1-2-3(4)5;1-2/h1-7,11H;2H2,1H3,(H,4,5);1-2H3. The average Bonchev–Trinajstić information content (AvgIpc) is 2.96. The number of aliphatic carboxylic acids is 1. The SMILES string of the molecule is CC.CCC(=O)O.Oc1ccc(-c2cccs2)cc1. The Hall–Kier alpha value is -1.81. The van der Waals surface area contributed by atoms with Crippen LogP contribution in [0.5, 0.6) is 5.75 Å². The molecule has 0 aliphatic carbocycles. The van der Waals surface area contributed by atoms with Crippen LogP contribution in [0.2, 0.25) is 0 Å². The summed E-state index contributed by atoms with van der Waals surface area (Å²) in [6.07, 6.45) is 0.222. The van der Waals surface area contributed by atoms with E-state index in [1.165, 1.54) is 4.88 Å². The fourth-order valence-electron chi connectivity index (χ4n) is 1.07. The van der Waals surface area contributed by atoms with Gasteiger partial charge in [0.25, 0.3) is 0 Å². The molecule has 104 valence electrons. The van der Waals surface area contributed by atoms with Gasteiger partial charge in [0.15, 0.2) is 0 Å². The Balaban J connectivity index is 0.000000396. The fourth-order valence-corrected chi connectivity index (χ4v) is 1.80. The summed E-state index contributed by atoms with van der Waals surface area (Å²) in [5.74, 6) is -0.430. The first-order chi connectivity index (χ1) is 9.13. The predicted molar refractivity (Wildman–Crippen MR) is 80.7 cm³/mol. The Morgan fingerprint density at radius 1 is 1.16 bits per heavy atom. The molecule has 0 atom stereocenters. The molecular weight excluding hydrogens is 260 g/mol. The monoisotopic (exact) mass is 280 g/mol. The van der Waals surface area contributed by atoms with E-state index in [9.17, 15) is 4.79 Å². The lowest BCUT2D eigenvalue weighted by Crippen LogP contribution is -1.86. The van der Waals surface area contributed by atoms with Crippen LogP contribution in [0.1, 0.15) is 27.2 Å². The summed E-state index contributed by atoms with van der Waals surface area (Å²) < 4.78 is 0. The van der Waals surface area contributed by atoms with Crippen molar-refractivity contribution in [2.75, 3.05) is 0 Å². The zero-order chi connectivity index (χ0) is 14.7. The molecular formula is C15H20O3S. The summed E-state index contributed by atoms with van der Waals surface area (Å²) in [5.41, 5.74) is 1.16. The van der Waals surface area contributed by atoms with Gasteiger partial charge in [0.1, 0.15) is 5.75 Å². The Morgan fingerprint density at radius 2 is 1.68 bits per heavy atom. The lowest BCUT2D eigenvalue weighted by Gasteiger charge is -1.96. The summed E-state index contributed by atoms with van der Waals surface area (Å²) in [6, 6.07) is 11.3. The van der Waals surface area contributed by atoms with Gasteiger partial charge >= 0.3 is 5.97 Å². The number of phenolic OH excluding ortho intramolecular Hbond substituents is 1. The molecule has 0 bridgehead atoms. The second kappa shape index (κ2) is 10.1. The van der Waals surface area contributed by atoms with Crippen molar-refractivity contribution in [2.45, 2.75) is 27.2 Å². The third kappa shape index (κ3) is 7.26. The van der Waals surface area contributed by atoms with Crippen molar-refractivity contribution in [3.8, 4) is 16.2 Å². The van der Waals surface area contributed by atoms with Gasteiger partial charge in [-0.3, -0.25) is 4.79 Å². The molecule has 1 heterocycles. The van der Waals surface area contributed by atoms with Crippen molar-refractivity contribution in [3.05, 3.63) is 41.8 Å². The largest absolute Gasteiger partial charge is 0.508 e. The van der Waals surface area contributed by atoms with Crippen LogP contribution in [-0.2, 0) is 4.79 Å². The van der Waals surface area contributed by atoms with E-state index in [1.54, 1.807) is 30.4 Å². The van der Waals surface area contributed by atoms with Gasteiger partial charge in [-0.15, -0.1) is 11.3 Å². The lowest BCUT2D eigenvalue weighted by molar-refractivity contribution is -0.136. The smallest absolute Gasteiger partial charge is 0.303 e. The average molecular weight is 280 g/mol. The van der Waals surface area contributed by atoms with Crippen LogP contribution in [0.15, 0.2) is 41.8 Å². The second-order valence-electron chi connectivity index (χ2n) is 3.27. The lowest BCUT2D eigenvalue weighted by atomic mass is 10.2. The number of thiophene rings is 1. The Labute approximate surface area is 118 Å². The van der Waals surface area contributed by atoms with E-state index in [2.05, 4.69) is 6.07 Å². The number of benzene rings is 1. The molecule has 4 heteroatoms. The third-order valence-electron chi connectivity index (χ3n) is 1.98. The molecule has 0 saturated heterocycles. The van der Waals surface area contributed by atoms with Crippen LogP contribution in [0.4, 0.5) is 0 Å². The summed E-state index contributed by atoms with van der Waals surface area (Å²) >= 11 is 1.70. The van der Waals surface area contributed by atoms with Crippen molar-refractivity contribution in [2.24, 2.45) is 0 Å². The third-order valence-corrected chi connectivity index (χ3v) is 2.89. The maximum Gasteiger partial charge on any atom is 0.303 e. The Morgan fingerprint density at radius 3 is 2.05 bits per heavy atom. The molecule has 1 aromatic carbocycles. The minimum absolute atomic E-state index is 0.222. The second-order valence-corrected chi connectivity index (χ2v) is 4.22. The van der Waals surface area contributed by atoms with E-state index in [4.69, 9.17) is 10.2 Å². The molecule has 0 saturated carbocycles. The molecule has 1 aromatic heterocycles. The van der Waals surface area contributed by atoms with Gasteiger partial charge in [-0.25, -0.2) is 0 Å². The van der Waals surface area contributed by atoms with Gasteiger partial charge in [0.05, 0.1) is 0 Å². The van der Waals surface area contributed by atoms with Gasteiger partial charge in [-0.1, -0.05) is 26.8 Å². The number of aromatic hydroxyl groups is 1. The molecule has 0 amide bonds. The van der Waals surface area contributed by atoms with Crippen molar-refractivity contribution in [1.29, 1.82) is 0 Å². The van der Waals surface area contributed by atoms with E-state index in [0.29, 0.717) is 5.75 Å². The highest BCUT2D eigenvalue weighted by molar-refractivity contribution is 7.13. The van der Waals surface area contributed by atoms with Crippen LogP contribution >= 0.6 is 11.3 Å². The van der Waals surface area contributed by atoms with Crippen LogP contribution in [-0.4, -0.2) is 16.2 Å². The van der Waals surface area contributed by atoms with Gasteiger partial charge in [0, 0.05) is 11.3 Å². The van der Waals surface area contributed by atoms with E-state index in [0.717, 1.165) is 5.56 Å². The topological polar surface area (TPSA) is 57.5 Å². The number of carboxylic acids is 1. The van der Waals surface area contributed by atoms with Crippen molar-refractivity contribution in [3.63, 3.8) is 0 Å². The molecule has 0 radical (unpaired) electrons. The van der Waals surface area contributed by atoms with Gasteiger partial charge in [0.2, 0.25) is 0 Å². The minimum atomic E-state index is -0.745. The number of rotatable bonds is 2. The molecule has 0 spiro atoms. The summed E-state index contributed by atoms with van der Waals surface area (Å²) in [4.78, 5) is 10.6. The highest BCUT2D eigenvalue weighted by Gasteiger charge is 1.96. The van der Waals surface area contributed by atoms with Crippen LogP contribution in [0.3, 0.4) is 0 Å². The number of hydrogen-bond donors (Lipinski definition) is 2. The number of hydrogen-bond acceptors (Lipinski definition) is 3. The minimum Gasteiger partial charge on any atom is -0.508 e. The first-order valence-electron chi connectivity index (χ1n) is 6.18. The summed E-state index contributed by atoms with van der Waals surface area (Å²) in [7, 11) is 0. The molecule has 0 fully saturated rings. The molecule has 0 aliphatic rings. The number of phenols is 1. The molecule has 2 rings (SSSR count). The normalized spacial score (nSPS) is 8.58. The van der Waals surface area contributed by atoms with E-state index in [-0.39, 0.29) is 6.42 Å². The highest BCUT2D eigenvalue weighted by atomic mass is 32.1. The Kier molecular flexibility index (Phi) is 9.18. The maximum atomic E-state index is 9.37. The van der Waals surface area contributed by atoms with E-state index >= 15 is 0 Å². The van der Waals surface area contributed by atoms with Crippen molar-refractivity contribution < 1.29 is 15.0 Å². The molecule has 0 unspecified atom stereocenters. The number of carboxylic acid groups (broad SMARTS) is 1. The van der Waals surface area contributed by atoms with Crippen LogP contribution in [0, 0.1) is 0 Å². The quantitative estimate of drug-likeness (QED) is 0.843. The zero-order valence-corrected chi connectivity index (χ0v) is 12.3. The fraction of sp³-hybridized carbons (Fsp3) is 0.267. The first-order valence-corrected chi connectivity index (χ1v) is 7.06. The van der Waals surface area contributed by atoms with Crippen LogP contribution in [0.25, 0.3) is 10.4 Å². The Bertz CT molecular complexity index is 447. The predicted octanol–water partition coefficient (Wildman–Crippen LogP) is 4.63. The van der Waals surface area contributed by atoms with Crippen LogP contribution < -0.4 is 0 Å². The molecule has 2 N–H and O–H groups in total. The van der Waals surface area contributed by atoms with E-state index in [1.807, 2.05) is 37.4 Å². The maximum absolute atomic E-state index is 9.37. The van der Waals surface area contributed by atoms with Gasteiger partial charge in [-0.05, 0) is 41.3 Å².